The fourth-order valence-electron chi connectivity index (χ4n) is 4.13. The molecule has 0 spiro atoms. The number of alkyl carbamates (subject to hydrolysis) is 1. The molecular formula is C28H31N3O8S2. The van der Waals surface area contributed by atoms with Crippen molar-refractivity contribution in [1.29, 1.82) is 0 Å². The van der Waals surface area contributed by atoms with E-state index in [1.54, 1.807) is 42.5 Å². The molecule has 11 nitrogen and oxygen atoms in total. The van der Waals surface area contributed by atoms with Gasteiger partial charge in [-0.1, -0.05) is 60.7 Å². The molecule has 0 radical (unpaired) electrons. The summed E-state index contributed by atoms with van der Waals surface area (Å²) in [4.78, 5) is 25.8. The zero-order valence-electron chi connectivity index (χ0n) is 22.1. The molecule has 0 unspecified atom stereocenters. The van der Waals surface area contributed by atoms with E-state index in [0.717, 1.165) is 5.56 Å². The standard InChI is InChI=1S/C28H31N3O8S2/c32-27(21-40(34,35)31-17-15-29-16-18-31)26(30-28(33)38-20-23-7-3-1-4-8-23)19-22-11-13-24(14-12-22)39-41(36,37)25-9-5-2-6-10-25/h1-14,26,29H,15-21H2,(H,30,33)/t26-/m0/s1. The van der Waals surface area contributed by atoms with Crippen LogP contribution in [0.15, 0.2) is 89.8 Å². The van der Waals surface area contributed by atoms with Gasteiger partial charge in [0.05, 0.1) is 6.04 Å². The second-order valence-corrected chi connectivity index (χ2v) is 12.8. The van der Waals surface area contributed by atoms with Crippen molar-refractivity contribution in [3.8, 4) is 5.75 Å². The molecular weight excluding hydrogens is 570 g/mol. The molecule has 1 atom stereocenters. The second-order valence-electron chi connectivity index (χ2n) is 9.33. The molecule has 3 aromatic rings. The highest BCUT2D eigenvalue weighted by atomic mass is 32.2. The Hall–Kier alpha value is -3.78. The smallest absolute Gasteiger partial charge is 0.408 e. The summed E-state index contributed by atoms with van der Waals surface area (Å²) < 4.78 is 62.5. The number of carbonyl (C=O) groups excluding carboxylic acids is 2. The van der Waals surface area contributed by atoms with Crippen molar-refractivity contribution in [2.24, 2.45) is 0 Å². The van der Waals surface area contributed by atoms with Crippen LogP contribution in [0.5, 0.6) is 5.75 Å². The maximum absolute atomic E-state index is 13.2. The minimum atomic E-state index is -4.04. The van der Waals surface area contributed by atoms with Crippen LogP contribution in [0, 0.1) is 0 Å². The lowest BCUT2D eigenvalue weighted by Gasteiger charge is -2.27. The van der Waals surface area contributed by atoms with Gasteiger partial charge in [0, 0.05) is 26.2 Å². The lowest BCUT2D eigenvalue weighted by atomic mass is 10.0. The van der Waals surface area contributed by atoms with E-state index in [4.69, 9.17) is 8.92 Å². The quantitative estimate of drug-likeness (QED) is 0.298. The first-order valence-electron chi connectivity index (χ1n) is 12.9. The summed E-state index contributed by atoms with van der Waals surface area (Å²) in [7, 11) is -7.94. The highest BCUT2D eigenvalue weighted by Gasteiger charge is 2.31. The number of amides is 1. The third-order valence-corrected chi connectivity index (χ3v) is 9.35. The van der Waals surface area contributed by atoms with Gasteiger partial charge in [0.25, 0.3) is 0 Å². The SMILES string of the molecule is O=C(N[C@@H](Cc1ccc(OS(=O)(=O)c2ccccc2)cc1)C(=O)CS(=O)(=O)N1CCNCC1)OCc1ccccc1. The molecule has 3 aromatic carbocycles. The summed E-state index contributed by atoms with van der Waals surface area (Å²) in [6.07, 6.45) is -0.928. The molecule has 1 aliphatic rings. The normalized spacial score (nSPS) is 15.0. The van der Waals surface area contributed by atoms with Crippen LogP contribution in [-0.4, -0.2) is 71.0 Å². The van der Waals surface area contributed by atoms with Gasteiger partial charge in [-0.15, -0.1) is 0 Å². The molecule has 2 N–H and O–H groups in total. The van der Waals surface area contributed by atoms with Gasteiger partial charge >= 0.3 is 16.2 Å². The van der Waals surface area contributed by atoms with E-state index in [2.05, 4.69) is 10.6 Å². The second kappa shape index (κ2) is 13.7. The van der Waals surface area contributed by atoms with Gasteiger partial charge in [0.15, 0.2) is 5.78 Å². The molecule has 1 fully saturated rings. The van der Waals surface area contributed by atoms with Gasteiger partial charge < -0.3 is 19.6 Å². The van der Waals surface area contributed by atoms with Gasteiger partial charge in [-0.05, 0) is 41.8 Å². The Labute approximate surface area is 239 Å². The van der Waals surface area contributed by atoms with E-state index in [0.29, 0.717) is 18.7 Å². The number of rotatable bonds is 12. The lowest BCUT2D eigenvalue weighted by molar-refractivity contribution is -0.118. The summed E-state index contributed by atoms with van der Waals surface area (Å²) in [5.41, 5.74) is 1.28. The average Bonchev–Trinajstić information content (AvgIpc) is 2.98. The Balaban J connectivity index is 1.45. The monoisotopic (exact) mass is 601 g/mol. The van der Waals surface area contributed by atoms with E-state index in [-0.39, 0.29) is 36.8 Å². The Kier molecular flexibility index (Phi) is 10.1. The van der Waals surface area contributed by atoms with Crippen molar-refractivity contribution in [1.82, 2.24) is 14.9 Å². The average molecular weight is 602 g/mol. The van der Waals surface area contributed by atoms with Crippen LogP contribution >= 0.6 is 0 Å². The fraction of sp³-hybridized carbons (Fsp3) is 0.286. The Morgan fingerprint density at radius 3 is 2.07 bits per heavy atom. The zero-order valence-corrected chi connectivity index (χ0v) is 23.8. The number of carbonyl (C=O) groups is 2. The number of nitrogens with zero attached hydrogens (tertiary/aromatic N) is 1. The van der Waals surface area contributed by atoms with Crippen LogP contribution in [0.25, 0.3) is 0 Å². The molecule has 218 valence electrons. The molecule has 1 heterocycles. The molecule has 4 rings (SSSR count). The summed E-state index contributed by atoms with van der Waals surface area (Å²) in [6, 6.07) is 21.3. The third-order valence-electron chi connectivity index (χ3n) is 6.29. The molecule has 0 bridgehead atoms. The zero-order chi connectivity index (χ0) is 29.3. The topological polar surface area (TPSA) is 148 Å². The van der Waals surface area contributed by atoms with E-state index < -0.39 is 43.8 Å². The molecule has 1 saturated heterocycles. The first-order chi connectivity index (χ1) is 19.6. The molecule has 13 heteroatoms. The van der Waals surface area contributed by atoms with E-state index in [1.165, 1.54) is 40.7 Å². The molecule has 1 amide bonds. The van der Waals surface area contributed by atoms with Crippen LogP contribution < -0.4 is 14.8 Å². The number of piperazine rings is 1. The maximum Gasteiger partial charge on any atom is 0.408 e. The van der Waals surface area contributed by atoms with Gasteiger partial charge in [-0.2, -0.15) is 12.7 Å². The highest BCUT2D eigenvalue weighted by molar-refractivity contribution is 7.89. The van der Waals surface area contributed by atoms with Crippen LogP contribution in [0.4, 0.5) is 4.79 Å². The molecule has 1 aliphatic heterocycles. The van der Waals surface area contributed by atoms with E-state index in [1.807, 2.05) is 6.07 Å². The van der Waals surface area contributed by atoms with Gasteiger partial charge in [-0.3, -0.25) is 4.79 Å². The van der Waals surface area contributed by atoms with Gasteiger partial charge in [0.2, 0.25) is 10.0 Å². The van der Waals surface area contributed by atoms with Crippen molar-refractivity contribution in [3.63, 3.8) is 0 Å². The minimum Gasteiger partial charge on any atom is -0.445 e. The lowest BCUT2D eigenvalue weighted by Crippen LogP contribution is -2.50. The van der Waals surface area contributed by atoms with Gasteiger partial charge in [-0.25, -0.2) is 13.2 Å². The number of nitrogens with one attached hydrogen (secondary N) is 2. The Morgan fingerprint density at radius 1 is 0.829 bits per heavy atom. The predicted molar refractivity (Wildman–Crippen MR) is 151 cm³/mol. The van der Waals surface area contributed by atoms with Crippen molar-refractivity contribution in [3.05, 3.63) is 96.1 Å². The number of Topliss-reactive ketones (excluding diaryl/α,β-unsaturated/α-hetero) is 1. The van der Waals surface area contributed by atoms with Crippen molar-refractivity contribution in [2.45, 2.75) is 24.0 Å². The van der Waals surface area contributed by atoms with Crippen LogP contribution in [0.1, 0.15) is 11.1 Å². The minimum absolute atomic E-state index is 0.00125. The maximum atomic E-state index is 13.2. The Morgan fingerprint density at radius 2 is 1.44 bits per heavy atom. The third kappa shape index (κ3) is 8.85. The predicted octanol–water partition coefficient (Wildman–Crippen LogP) is 2.10. The highest BCUT2D eigenvalue weighted by Crippen LogP contribution is 2.20. The summed E-state index contributed by atoms with van der Waals surface area (Å²) in [5, 5.41) is 5.57. The Bertz CT molecular complexity index is 1530. The summed E-state index contributed by atoms with van der Waals surface area (Å²) in [6.45, 7) is 1.43. The van der Waals surface area contributed by atoms with Crippen LogP contribution in [0.3, 0.4) is 0 Å². The number of hydrogen-bond donors (Lipinski definition) is 2. The van der Waals surface area contributed by atoms with E-state index >= 15 is 0 Å². The first-order valence-corrected chi connectivity index (χ1v) is 15.9. The van der Waals surface area contributed by atoms with Crippen molar-refractivity contribution < 1.29 is 35.3 Å². The number of benzene rings is 3. The molecule has 41 heavy (non-hydrogen) atoms. The summed E-state index contributed by atoms with van der Waals surface area (Å²) in [5.74, 6) is -1.43. The molecule has 0 saturated carbocycles. The number of hydrogen-bond acceptors (Lipinski definition) is 9. The van der Waals surface area contributed by atoms with Crippen molar-refractivity contribution in [2.75, 3.05) is 31.9 Å². The molecule has 0 aromatic heterocycles. The fourth-order valence-corrected chi connectivity index (χ4v) is 6.56. The van der Waals surface area contributed by atoms with Crippen molar-refractivity contribution >= 4 is 32.0 Å². The van der Waals surface area contributed by atoms with Crippen LogP contribution in [0.2, 0.25) is 0 Å². The largest absolute Gasteiger partial charge is 0.445 e. The first kappa shape index (κ1) is 30.2. The van der Waals surface area contributed by atoms with Gasteiger partial charge in [0.1, 0.15) is 23.0 Å². The number of sulfonamides is 1. The molecule has 0 aliphatic carbocycles. The van der Waals surface area contributed by atoms with E-state index in [9.17, 15) is 26.4 Å². The van der Waals surface area contributed by atoms with Crippen LogP contribution in [-0.2, 0) is 42.7 Å². The number of ketones is 1. The number of ether oxygens (including phenoxy) is 1. The summed E-state index contributed by atoms with van der Waals surface area (Å²) >= 11 is 0.